The zero-order chi connectivity index (χ0) is 18.1. The zero-order valence-electron chi connectivity index (χ0n) is 13.5. The molecule has 0 unspecified atom stereocenters. The zero-order valence-corrected chi connectivity index (χ0v) is 13.5. The lowest BCUT2D eigenvalue weighted by Crippen LogP contribution is -2.32. The number of hydrogen-bond acceptors (Lipinski definition) is 4. The first-order valence-corrected chi connectivity index (χ1v) is 7.49. The molecule has 0 aromatic heterocycles. The van der Waals surface area contributed by atoms with E-state index in [1.54, 1.807) is 13.8 Å². The van der Waals surface area contributed by atoms with E-state index >= 15 is 0 Å². The van der Waals surface area contributed by atoms with E-state index < -0.39 is 23.5 Å². The highest BCUT2D eigenvalue weighted by Gasteiger charge is 2.12. The van der Waals surface area contributed by atoms with Crippen molar-refractivity contribution in [1.29, 1.82) is 0 Å². The second-order valence-electron chi connectivity index (χ2n) is 5.27. The van der Waals surface area contributed by atoms with Gasteiger partial charge in [-0.25, -0.2) is 8.78 Å². The van der Waals surface area contributed by atoms with Crippen LogP contribution in [0.25, 0.3) is 0 Å². The fourth-order valence-corrected chi connectivity index (χ4v) is 1.77. The number of esters is 1. The van der Waals surface area contributed by atoms with Crippen molar-refractivity contribution in [1.82, 2.24) is 10.6 Å². The van der Waals surface area contributed by atoms with Crippen LogP contribution in [-0.2, 0) is 14.3 Å². The molecule has 0 aliphatic heterocycles. The highest BCUT2D eigenvalue weighted by molar-refractivity contribution is 5.94. The maximum Gasteiger partial charge on any atom is 0.307 e. The Balaban J connectivity index is 2.25. The summed E-state index contributed by atoms with van der Waals surface area (Å²) in [5, 5.41) is 4.87. The lowest BCUT2D eigenvalue weighted by molar-refractivity contribution is -0.147. The van der Waals surface area contributed by atoms with E-state index in [2.05, 4.69) is 10.6 Å². The Kier molecular flexibility index (Phi) is 7.81. The minimum atomic E-state index is -0.972. The number of halogens is 2. The predicted molar refractivity (Wildman–Crippen MR) is 82.2 cm³/mol. The molecule has 0 fully saturated rings. The summed E-state index contributed by atoms with van der Waals surface area (Å²) in [6.45, 7) is 3.56. The highest BCUT2D eigenvalue weighted by atomic mass is 19.1. The molecule has 2 N–H and O–H groups in total. The van der Waals surface area contributed by atoms with Crippen molar-refractivity contribution >= 4 is 17.8 Å². The summed E-state index contributed by atoms with van der Waals surface area (Å²) in [6.07, 6.45) is -0.194. The van der Waals surface area contributed by atoms with E-state index in [0.29, 0.717) is 6.07 Å². The number of amides is 2. The molecule has 0 aliphatic rings. The molecular weight excluding hydrogens is 322 g/mol. The van der Waals surface area contributed by atoms with Crippen LogP contribution >= 0.6 is 0 Å². The van der Waals surface area contributed by atoms with Crippen LogP contribution in [-0.4, -0.2) is 37.0 Å². The van der Waals surface area contributed by atoms with E-state index in [1.807, 2.05) is 0 Å². The number of nitrogens with one attached hydrogen (secondary N) is 2. The standard InChI is InChI=1S/C16H20F2N2O4/c1-10(2)24-15(22)6-8-19-14(21)5-7-20-16(23)12-4-3-11(17)9-13(12)18/h3-4,9-10H,5-8H2,1-2H3,(H,19,21)(H,20,23). The Labute approximate surface area is 138 Å². The average Bonchev–Trinajstić information content (AvgIpc) is 2.46. The molecule has 0 atom stereocenters. The van der Waals surface area contributed by atoms with Gasteiger partial charge in [-0.3, -0.25) is 14.4 Å². The molecule has 8 heteroatoms. The van der Waals surface area contributed by atoms with Crippen molar-refractivity contribution in [3.05, 3.63) is 35.4 Å². The molecule has 0 saturated heterocycles. The van der Waals surface area contributed by atoms with Gasteiger partial charge in [0.25, 0.3) is 5.91 Å². The Hall–Kier alpha value is -2.51. The van der Waals surface area contributed by atoms with Crippen molar-refractivity contribution in [2.24, 2.45) is 0 Å². The van der Waals surface area contributed by atoms with Crippen molar-refractivity contribution in [3.8, 4) is 0 Å². The predicted octanol–water partition coefficient (Wildman–Crippen LogP) is 1.54. The van der Waals surface area contributed by atoms with E-state index in [4.69, 9.17) is 4.74 Å². The molecule has 24 heavy (non-hydrogen) atoms. The molecular formula is C16H20F2N2O4. The maximum atomic E-state index is 13.4. The molecule has 0 spiro atoms. The van der Waals surface area contributed by atoms with Crippen LogP contribution in [0.5, 0.6) is 0 Å². The molecule has 0 aliphatic carbocycles. The Morgan fingerprint density at radius 2 is 1.75 bits per heavy atom. The molecule has 1 aromatic rings. The van der Waals surface area contributed by atoms with Gasteiger partial charge < -0.3 is 15.4 Å². The Morgan fingerprint density at radius 1 is 1.08 bits per heavy atom. The van der Waals surface area contributed by atoms with Crippen molar-refractivity contribution in [2.75, 3.05) is 13.1 Å². The minimum Gasteiger partial charge on any atom is -0.463 e. The molecule has 132 valence electrons. The monoisotopic (exact) mass is 342 g/mol. The van der Waals surface area contributed by atoms with Gasteiger partial charge in [0.1, 0.15) is 11.6 Å². The first kappa shape index (κ1) is 19.5. The van der Waals surface area contributed by atoms with Gasteiger partial charge in [-0.05, 0) is 26.0 Å². The molecule has 0 radical (unpaired) electrons. The van der Waals surface area contributed by atoms with Gasteiger partial charge in [0.05, 0.1) is 18.1 Å². The van der Waals surface area contributed by atoms with Crippen LogP contribution in [0.3, 0.4) is 0 Å². The van der Waals surface area contributed by atoms with E-state index in [9.17, 15) is 23.2 Å². The van der Waals surface area contributed by atoms with Crippen LogP contribution in [0.1, 0.15) is 37.0 Å². The first-order chi connectivity index (χ1) is 11.3. The van der Waals surface area contributed by atoms with Crippen LogP contribution < -0.4 is 10.6 Å². The summed E-state index contributed by atoms with van der Waals surface area (Å²) in [5.41, 5.74) is -0.298. The van der Waals surface area contributed by atoms with Gasteiger partial charge in [-0.15, -0.1) is 0 Å². The Morgan fingerprint density at radius 3 is 2.38 bits per heavy atom. The second-order valence-corrected chi connectivity index (χ2v) is 5.27. The van der Waals surface area contributed by atoms with Crippen LogP contribution in [0.4, 0.5) is 8.78 Å². The summed E-state index contributed by atoms with van der Waals surface area (Å²) < 4.78 is 31.1. The number of benzene rings is 1. The van der Waals surface area contributed by atoms with E-state index in [-0.39, 0.29) is 43.5 Å². The molecule has 0 heterocycles. The lowest BCUT2D eigenvalue weighted by Gasteiger charge is -2.09. The van der Waals surface area contributed by atoms with Gasteiger partial charge >= 0.3 is 5.97 Å². The van der Waals surface area contributed by atoms with Crippen LogP contribution in [0.2, 0.25) is 0 Å². The third-order valence-electron chi connectivity index (χ3n) is 2.83. The van der Waals surface area contributed by atoms with Gasteiger partial charge in [0, 0.05) is 25.6 Å². The van der Waals surface area contributed by atoms with Gasteiger partial charge in [-0.1, -0.05) is 0 Å². The number of carbonyl (C=O) groups excluding carboxylic acids is 3. The summed E-state index contributed by atoms with van der Waals surface area (Å²) >= 11 is 0. The minimum absolute atomic E-state index is 0.0159. The summed E-state index contributed by atoms with van der Waals surface area (Å²) in [6, 6.07) is 2.61. The number of rotatable bonds is 8. The van der Waals surface area contributed by atoms with Crippen molar-refractivity contribution in [2.45, 2.75) is 32.8 Å². The van der Waals surface area contributed by atoms with Crippen LogP contribution in [0.15, 0.2) is 18.2 Å². The van der Waals surface area contributed by atoms with Crippen molar-refractivity contribution in [3.63, 3.8) is 0 Å². The third-order valence-corrected chi connectivity index (χ3v) is 2.83. The summed E-state index contributed by atoms with van der Waals surface area (Å²) in [5.74, 6) is -3.27. The number of carbonyl (C=O) groups is 3. The third kappa shape index (κ3) is 7.17. The van der Waals surface area contributed by atoms with Crippen LogP contribution in [0, 0.1) is 11.6 Å². The summed E-state index contributed by atoms with van der Waals surface area (Å²) in [7, 11) is 0. The van der Waals surface area contributed by atoms with E-state index in [1.165, 1.54) is 0 Å². The van der Waals surface area contributed by atoms with Crippen molar-refractivity contribution < 1.29 is 27.9 Å². The largest absolute Gasteiger partial charge is 0.463 e. The smallest absolute Gasteiger partial charge is 0.307 e. The molecule has 1 aromatic carbocycles. The fraction of sp³-hybridized carbons (Fsp3) is 0.438. The number of hydrogen-bond donors (Lipinski definition) is 2. The summed E-state index contributed by atoms with van der Waals surface area (Å²) in [4.78, 5) is 34.5. The number of ether oxygens (including phenoxy) is 1. The maximum absolute atomic E-state index is 13.4. The topological polar surface area (TPSA) is 84.5 Å². The molecule has 0 saturated carbocycles. The molecule has 0 bridgehead atoms. The Bertz CT molecular complexity index is 606. The van der Waals surface area contributed by atoms with Gasteiger partial charge in [-0.2, -0.15) is 0 Å². The lowest BCUT2D eigenvalue weighted by atomic mass is 10.2. The first-order valence-electron chi connectivity index (χ1n) is 7.49. The highest BCUT2D eigenvalue weighted by Crippen LogP contribution is 2.09. The molecule has 1 rings (SSSR count). The van der Waals surface area contributed by atoms with Gasteiger partial charge in [0.15, 0.2) is 0 Å². The SMILES string of the molecule is CC(C)OC(=O)CCNC(=O)CCNC(=O)c1ccc(F)cc1F. The molecule has 2 amide bonds. The quantitative estimate of drug-likeness (QED) is 0.702. The molecule has 6 nitrogen and oxygen atoms in total. The second kappa shape index (κ2) is 9.59. The van der Waals surface area contributed by atoms with E-state index in [0.717, 1.165) is 12.1 Å². The fourth-order valence-electron chi connectivity index (χ4n) is 1.77. The average molecular weight is 342 g/mol. The normalized spacial score (nSPS) is 10.4. The van der Waals surface area contributed by atoms with Gasteiger partial charge in [0.2, 0.25) is 5.91 Å².